The van der Waals surface area contributed by atoms with E-state index in [1.807, 2.05) is 13.0 Å². The molecule has 0 spiro atoms. The largest absolute Gasteiger partial charge is 0.475 e. The Balaban J connectivity index is 2.40. The summed E-state index contributed by atoms with van der Waals surface area (Å²) in [5, 5.41) is 0. The van der Waals surface area contributed by atoms with Crippen molar-refractivity contribution in [2.45, 2.75) is 6.92 Å². The maximum Gasteiger partial charge on any atom is 0.217 e. The first kappa shape index (κ1) is 11.6. The Morgan fingerprint density at radius 2 is 2.24 bits per heavy atom. The van der Waals surface area contributed by atoms with E-state index in [1.165, 1.54) is 6.07 Å². The molecule has 90 valence electrons. The Morgan fingerprint density at radius 1 is 1.41 bits per heavy atom. The van der Waals surface area contributed by atoms with E-state index in [9.17, 15) is 4.79 Å². The van der Waals surface area contributed by atoms with Crippen LogP contribution in [-0.2, 0) is 4.74 Å². The number of nitrogens with one attached hydrogen (secondary N) is 1. The van der Waals surface area contributed by atoms with Gasteiger partial charge in [0.1, 0.15) is 12.1 Å². The van der Waals surface area contributed by atoms with Crippen molar-refractivity contribution >= 4 is 11.0 Å². The first-order valence-electron chi connectivity index (χ1n) is 5.33. The third kappa shape index (κ3) is 2.45. The topological polar surface area (TPSA) is 64.2 Å². The lowest BCUT2D eigenvalue weighted by Crippen LogP contribution is -2.09. The molecule has 0 aliphatic rings. The molecule has 17 heavy (non-hydrogen) atoms. The van der Waals surface area contributed by atoms with Gasteiger partial charge >= 0.3 is 0 Å². The molecular formula is C12H14N2O3. The summed E-state index contributed by atoms with van der Waals surface area (Å²) >= 11 is 0. The molecule has 0 radical (unpaired) electrons. The number of pyridine rings is 2. The second-order valence-corrected chi connectivity index (χ2v) is 3.69. The number of aromatic nitrogens is 2. The number of aromatic amines is 1. The molecule has 0 aliphatic carbocycles. The fourth-order valence-corrected chi connectivity index (χ4v) is 1.55. The van der Waals surface area contributed by atoms with Crippen LogP contribution in [0.2, 0.25) is 0 Å². The summed E-state index contributed by atoms with van der Waals surface area (Å²) in [7, 11) is 1.61. The molecule has 0 saturated carbocycles. The van der Waals surface area contributed by atoms with Gasteiger partial charge in [-0.1, -0.05) is 0 Å². The Morgan fingerprint density at radius 3 is 3.00 bits per heavy atom. The van der Waals surface area contributed by atoms with E-state index in [0.717, 1.165) is 5.56 Å². The summed E-state index contributed by atoms with van der Waals surface area (Å²) in [4.78, 5) is 18.8. The van der Waals surface area contributed by atoms with Crippen molar-refractivity contribution in [1.29, 1.82) is 0 Å². The minimum absolute atomic E-state index is 0.115. The van der Waals surface area contributed by atoms with E-state index < -0.39 is 0 Å². The van der Waals surface area contributed by atoms with E-state index in [1.54, 1.807) is 13.3 Å². The molecule has 5 heteroatoms. The lowest BCUT2D eigenvalue weighted by atomic mass is 10.2. The number of nitrogens with zero attached hydrogens (tertiary/aromatic N) is 1. The zero-order valence-corrected chi connectivity index (χ0v) is 9.82. The van der Waals surface area contributed by atoms with Crippen molar-refractivity contribution in [3.63, 3.8) is 0 Å². The van der Waals surface area contributed by atoms with Crippen LogP contribution in [-0.4, -0.2) is 30.3 Å². The van der Waals surface area contributed by atoms with Crippen LogP contribution in [0.15, 0.2) is 23.1 Å². The van der Waals surface area contributed by atoms with Gasteiger partial charge in [-0.2, -0.15) is 0 Å². The molecule has 0 saturated heterocycles. The molecule has 1 N–H and O–H groups in total. The number of aryl methyl sites for hydroxylation is 1. The molecular weight excluding hydrogens is 220 g/mol. The van der Waals surface area contributed by atoms with Crippen LogP contribution in [0.3, 0.4) is 0 Å². The van der Waals surface area contributed by atoms with Gasteiger partial charge in [0.25, 0.3) is 0 Å². The zero-order chi connectivity index (χ0) is 12.3. The predicted octanol–water partition coefficient (Wildman–Crippen LogP) is 1.26. The van der Waals surface area contributed by atoms with Crippen molar-refractivity contribution in [2.24, 2.45) is 0 Å². The highest BCUT2D eigenvalue weighted by molar-refractivity contribution is 5.75. The highest BCUT2D eigenvalue weighted by Crippen LogP contribution is 2.17. The third-order valence-electron chi connectivity index (χ3n) is 2.40. The van der Waals surface area contributed by atoms with Gasteiger partial charge in [-0.05, 0) is 13.0 Å². The Hall–Kier alpha value is -1.88. The number of fused-ring (bicyclic) bond motifs is 1. The van der Waals surface area contributed by atoms with Crippen LogP contribution < -0.4 is 10.2 Å². The number of rotatable bonds is 4. The smallest absolute Gasteiger partial charge is 0.217 e. The molecule has 0 unspecified atom stereocenters. The molecule has 0 aromatic carbocycles. The number of H-pyrrole nitrogens is 1. The minimum atomic E-state index is -0.115. The van der Waals surface area contributed by atoms with Gasteiger partial charge in [0.05, 0.1) is 12.1 Å². The van der Waals surface area contributed by atoms with Gasteiger partial charge in [0.2, 0.25) is 11.3 Å². The fourth-order valence-electron chi connectivity index (χ4n) is 1.55. The Bertz CT molecular complexity index is 577. The highest BCUT2D eigenvalue weighted by Gasteiger charge is 2.06. The van der Waals surface area contributed by atoms with Crippen LogP contribution in [0.5, 0.6) is 5.88 Å². The Kier molecular flexibility index (Phi) is 3.39. The lowest BCUT2D eigenvalue weighted by Gasteiger charge is -2.08. The van der Waals surface area contributed by atoms with Crippen LogP contribution >= 0.6 is 0 Å². The second kappa shape index (κ2) is 4.97. The molecule has 2 heterocycles. The lowest BCUT2D eigenvalue weighted by molar-refractivity contribution is 0.143. The van der Waals surface area contributed by atoms with E-state index in [4.69, 9.17) is 9.47 Å². The van der Waals surface area contributed by atoms with Crippen molar-refractivity contribution in [3.05, 3.63) is 34.1 Å². The zero-order valence-electron chi connectivity index (χ0n) is 9.82. The fraction of sp³-hybridized carbons (Fsp3) is 0.333. The summed E-state index contributed by atoms with van der Waals surface area (Å²) in [6.07, 6.45) is 1.61. The summed E-state index contributed by atoms with van der Waals surface area (Å²) in [6, 6.07) is 3.30. The van der Waals surface area contributed by atoms with E-state index in [2.05, 4.69) is 9.97 Å². The number of methoxy groups -OCH3 is 1. The molecule has 0 amide bonds. The van der Waals surface area contributed by atoms with Crippen LogP contribution in [0.25, 0.3) is 11.0 Å². The molecule has 0 atom stereocenters. The number of ether oxygens (including phenoxy) is 2. The average Bonchev–Trinajstić information content (AvgIpc) is 2.31. The third-order valence-corrected chi connectivity index (χ3v) is 2.40. The summed E-state index contributed by atoms with van der Waals surface area (Å²) in [5.41, 5.74) is 1.88. The standard InChI is InChI=1S/C12H14N2O3/c1-8-7-9-11(10(15)3-4-13-9)14-12(8)17-6-5-16-2/h3-4,7H,5-6H2,1-2H3,(H,13,15). The number of hydrogen-bond acceptors (Lipinski definition) is 4. The van der Waals surface area contributed by atoms with Crippen LogP contribution in [0.1, 0.15) is 5.56 Å². The van der Waals surface area contributed by atoms with E-state index in [-0.39, 0.29) is 5.43 Å². The average molecular weight is 234 g/mol. The molecule has 2 rings (SSSR count). The maximum absolute atomic E-state index is 11.6. The first-order chi connectivity index (χ1) is 8.22. The van der Waals surface area contributed by atoms with Gasteiger partial charge in [0.15, 0.2) is 0 Å². The van der Waals surface area contributed by atoms with Crippen molar-refractivity contribution in [1.82, 2.24) is 9.97 Å². The summed E-state index contributed by atoms with van der Waals surface area (Å²) in [5.74, 6) is 0.478. The highest BCUT2D eigenvalue weighted by atomic mass is 16.5. The SMILES string of the molecule is COCCOc1nc2c(=O)cc[nH]c2cc1C. The normalized spacial score (nSPS) is 10.7. The quantitative estimate of drug-likeness (QED) is 0.809. The van der Waals surface area contributed by atoms with Gasteiger partial charge in [-0.3, -0.25) is 4.79 Å². The van der Waals surface area contributed by atoms with Crippen LogP contribution in [0, 0.1) is 6.92 Å². The molecule has 0 aliphatic heterocycles. The monoisotopic (exact) mass is 234 g/mol. The predicted molar refractivity (Wildman–Crippen MR) is 64.5 cm³/mol. The first-order valence-corrected chi connectivity index (χ1v) is 5.33. The molecule has 5 nitrogen and oxygen atoms in total. The van der Waals surface area contributed by atoms with Gasteiger partial charge < -0.3 is 14.5 Å². The Labute approximate surface area is 98.4 Å². The summed E-state index contributed by atoms with van der Waals surface area (Å²) in [6.45, 7) is 2.80. The minimum Gasteiger partial charge on any atom is -0.475 e. The second-order valence-electron chi connectivity index (χ2n) is 3.69. The van der Waals surface area contributed by atoms with Gasteiger partial charge in [-0.15, -0.1) is 0 Å². The van der Waals surface area contributed by atoms with Crippen molar-refractivity contribution in [2.75, 3.05) is 20.3 Å². The van der Waals surface area contributed by atoms with E-state index >= 15 is 0 Å². The molecule has 2 aromatic heterocycles. The summed E-state index contributed by atoms with van der Waals surface area (Å²) < 4.78 is 10.3. The van der Waals surface area contributed by atoms with Crippen LogP contribution in [0.4, 0.5) is 0 Å². The number of hydrogen-bond donors (Lipinski definition) is 1. The maximum atomic E-state index is 11.6. The molecule has 0 fully saturated rings. The van der Waals surface area contributed by atoms with Gasteiger partial charge in [0, 0.05) is 24.9 Å². The molecule has 2 aromatic rings. The van der Waals surface area contributed by atoms with E-state index in [0.29, 0.717) is 30.1 Å². The van der Waals surface area contributed by atoms with Crippen molar-refractivity contribution < 1.29 is 9.47 Å². The molecule has 0 bridgehead atoms. The van der Waals surface area contributed by atoms with Gasteiger partial charge in [-0.25, -0.2) is 4.98 Å². The van der Waals surface area contributed by atoms with Crippen molar-refractivity contribution in [3.8, 4) is 5.88 Å².